The minimum Gasteiger partial charge on any atom is -0.376 e. The summed E-state index contributed by atoms with van der Waals surface area (Å²) in [5, 5.41) is 0. The van der Waals surface area contributed by atoms with Gasteiger partial charge in [-0.1, -0.05) is 6.07 Å². The van der Waals surface area contributed by atoms with Gasteiger partial charge in [0.15, 0.2) is 0 Å². The summed E-state index contributed by atoms with van der Waals surface area (Å²) in [5.74, 6) is -0.181. The van der Waals surface area contributed by atoms with Gasteiger partial charge in [0.05, 0.1) is 17.8 Å². The molecule has 3 unspecified atom stereocenters. The predicted octanol–water partition coefficient (Wildman–Crippen LogP) is 2.33. The Bertz CT molecular complexity index is 436. The highest BCUT2D eigenvalue weighted by Crippen LogP contribution is 2.27. The van der Waals surface area contributed by atoms with E-state index in [1.165, 1.54) is 0 Å². The summed E-state index contributed by atoms with van der Waals surface area (Å²) >= 11 is 0. The van der Waals surface area contributed by atoms with Crippen molar-refractivity contribution in [3.8, 4) is 0 Å². The summed E-state index contributed by atoms with van der Waals surface area (Å²) in [6.07, 6.45) is 1.79. The molecule has 19 heavy (non-hydrogen) atoms. The van der Waals surface area contributed by atoms with Crippen molar-refractivity contribution >= 4 is 5.69 Å². The van der Waals surface area contributed by atoms with Crippen LogP contribution >= 0.6 is 0 Å². The van der Waals surface area contributed by atoms with Crippen LogP contribution < -0.4 is 10.6 Å². The maximum Gasteiger partial charge on any atom is 0.146 e. The molecule has 1 fully saturated rings. The van der Waals surface area contributed by atoms with Crippen LogP contribution in [0.2, 0.25) is 0 Å². The van der Waals surface area contributed by atoms with Gasteiger partial charge in [-0.2, -0.15) is 0 Å². The largest absolute Gasteiger partial charge is 0.376 e. The molecule has 0 aliphatic carbocycles. The van der Waals surface area contributed by atoms with Crippen LogP contribution in [0.15, 0.2) is 18.2 Å². The maximum atomic E-state index is 14.2. The second-order valence-corrected chi connectivity index (χ2v) is 5.51. The molecule has 2 rings (SSSR count). The number of nitrogens with two attached hydrogens (primary N) is 1. The van der Waals surface area contributed by atoms with E-state index in [1.807, 2.05) is 37.9 Å². The van der Waals surface area contributed by atoms with Gasteiger partial charge < -0.3 is 15.4 Å². The number of nitrogens with zero attached hydrogens (tertiary/aromatic N) is 1. The van der Waals surface area contributed by atoms with E-state index in [2.05, 4.69) is 0 Å². The molecule has 1 saturated heterocycles. The molecule has 0 radical (unpaired) electrons. The Balaban J connectivity index is 2.16. The molecule has 0 saturated carbocycles. The van der Waals surface area contributed by atoms with E-state index in [1.54, 1.807) is 6.07 Å². The van der Waals surface area contributed by atoms with E-state index in [9.17, 15) is 4.39 Å². The fourth-order valence-corrected chi connectivity index (χ4v) is 2.74. The Morgan fingerprint density at radius 3 is 2.79 bits per heavy atom. The summed E-state index contributed by atoms with van der Waals surface area (Å²) in [6, 6.07) is 5.69. The molecule has 1 aromatic rings. The number of ether oxygens (including phenoxy) is 1. The zero-order chi connectivity index (χ0) is 14.0. The minimum atomic E-state index is -0.181. The van der Waals surface area contributed by atoms with Crippen molar-refractivity contribution in [2.24, 2.45) is 5.73 Å². The van der Waals surface area contributed by atoms with Crippen LogP contribution in [0.5, 0.6) is 0 Å². The van der Waals surface area contributed by atoms with E-state index >= 15 is 0 Å². The topological polar surface area (TPSA) is 38.5 Å². The lowest BCUT2D eigenvalue weighted by Gasteiger charge is -2.29. The lowest BCUT2D eigenvalue weighted by molar-refractivity contribution is 0.118. The fourth-order valence-electron chi connectivity index (χ4n) is 2.74. The van der Waals surface area contributed by atoms with Crippen LogP contribution in [0.1, 0.15) is 25.8 Å². The molecule has 0 amide bonds. The second kappa shape index (κ2) is 5.88. The van der Waals surface area contributed by atoms with Crippen molar-refractivity contribution in [3.05, 3.63) is 29.6 Å². The number of anilines is 1. The average molecular weight is 266 g/mol. The summed E-state index contributed by atoms with van der Waals surface area (Å²) in [7, 11) is 1.93. The molecule has 106 valence electrons. The molecule has 0 bridgehead atoms. The minimum absolute atomic E-state index is 0.0474. The first kappa shape index (κ1) is 14.3. The Kier molecular flexibility index (Phi) is 4.42. The highest BCUT2D eigenvalue weighted by atomic mass is 19.1. The lowest BCUT2D eigenvalue weighted by Crippen LogP contribution is -2.37. The van der Waals surface area contributed by atoms with Crippen molar-refractivity contribution in [1.29, 1.82) is 0 Å². The summed E-state index contributed by atoms with van der Waals surface area (Å²) < 4.78 is 19.8. The zero-order valence-electron chi connectivity index (χ0n) is 11.9. The Labute approximate surface area is 114 Å². The molecular formula is C15H23FN2O. The number of hydrogen-bond donors (Lipinski definition) is 1. The molecule has 1 heterocycles. The van der Waals surface area contributed by atoms with Crippen LogP contribution in [0.4, 0.5) is 10.1 Å². The smallest absolute Gasteiger partial charge is 0.146 e. The molecule has 1 aliphatic rings. The van der Waals surface area contributed by atoms with Crippen LogP contribution in [0.3, 0.4) is 0 Å². The van der Waals surface area contributed by atoms with Crippen molar-refractivity contribution < 1.29 is 9.13 Å². The SMILES string of the molecule is CC(N)Cc1ccc(N(C)C2CCOC2C)c(F)c1. The molecular weight excluding hydrogens is 243 g/mol. The quantitative estimate of drug-likeness (QED) is 0.909. The normalized spacial score (nSPS) is 24.5. The highest BCUT2D eigenvalue weighted by Gasteiger charge is 2.29. The summed E-state index contributed by atoms with van der Waals surface area (Å²) in [4.78, 5) is 1.99. The molecule has 4 heteroatoms. The molecule has 0 aromatic heterocycles. The molecule has 0 spiro atoms. The number of benzene rings is 1. The van der Waals surface area contributed by atoms with E-state index in [4.69, 9.17) is 10.5 Å². The van der Waals surface area contributed by atoms with Gasteiger partial charge in [-0.05, 0) is 44.4 Å². The Hall–Kier alpha value is -1.13. The van der Waals surface area contributed by atoms with Crippen molar-refractivity contribution in [1.82, 2.24) is 0 Å². The van der Waals surface area contributed by atoms with Crippen molar-refractivity contribution in [2.75, 3.05) is 18.6 Å². The average Bonchev–Trinajstić information content (AvgIpc) is 2.74. The first-order chi connectivity index (χ1) is 8.99. The van der Waals surface area contributed by atoms with Gasteiger partial charge in [-0.15, -0.1) is 0 Å². The highest BCUT2D eigenvalue weighted by molar-refractivity contribution is 5.50. The second-order valence-electron chi connectivity index (χ2n) is 5.51. The molecule has 3 atom stereocenters. The number of likely N-dealkylation sites (N-methyl/N-ethyl adjacent to an activating group) is 1. The van der Waals surface area contributed by atoms with Gasteiger partial charge in [0.1, 0.15) is 5.82 Å². The van der Waals surface area contributed by atoms with Gasteiger partial charge >= 0.3 is 0 Å². The van der Waals surface area contributed by atoms with Gasteiger partial charge in [-0.3, -0.25) is 0 Å². The van der Waals surface area contributed by atoms with Gasteiger partial charge in [-0.25, -0.2) is 4.39 Å². The maximum absolute atomic E-state index is 14.2. The third-order valence-corrected chi connectivity index (χ3v) is 3.78. The predicted molar refractivity (Wildman–Crippen MR) is 76.0 cm³/mol. The number of rotatable bonds is 4. The van der Waals surface area contributed by atoms with Crippen LogP contribution in [-0.2, 0) is 11.2 Å². The lowest BCUT2D eigenvalue weighted by atomic mass is 10.1. The fraction of sp³-hybridized carbons (Fsp3) is 0.600. The van der Waals surface area contributed by atoms with Gasteiger partial charge in [0, 0.05) is 19.7 Å². The number of halogens is 1. The van der Waals surface area contributed by atoms with Gasteiger partial charge in [0.25, 0.3) is 0 Å². The van der Waals surface area contributed by atoms with E-state index < -0.39 is 0 Å². The van der Waals surface area contributed by atoms with Crippen molar-refractivity contribution in [3.63, 3.8) is 0 Å². The third kappa shape index (κ3) is 3.25. The Morgan fingerprint density at radius 2 is 2.26 bits per heavy atom. The molecule has 2 N–H and O–H groups in total. The summed E-state index contributed by atoms with van der Waals surface area (Å²) in [5.41, 5.74) is 7.32. The van der Waals surface area contributed by atoms with Gasteiger partial charge in [0.2, 0.25) is 0 Å². The van der Waals surface area contributed by atoms with E-state index in [0.717, 1.165) is 18.6 Å². The Morgan fingerprint density at radius 1 is 1.53 bits per heavy atom. The third-order valence-electron chi connectivity index (χ3n) is 3.78. The first-order valence-electron chi connectivity index (χ1n) is 6.87. The van der Waals surface area contributed by atoms with Crippen LogP contribution in [-0.4, -0.2) is 31.8 Å². The standard InChI is InChI=1S/C15H23FN2O/c1-10(17)8-12-4-5-15(13(16)9-12)18(3)14-6-7-19-11(14)2/h4-5,9-11,14H,6-8,17H2,1-3H3. The molecule has 1 aliphatic heterocycles. The van der Waals surface area contributed by atoms with E-state index in [-0.39, 0.29) is 24.0 Å². The molecule has 1 aromatic carbocycles. The van der Waals surface area contributed by atoms with Crippen molar-refractivity contribution in [2.45, 2.75) is 44.9 Å². The molecule has 3 nitrogen and oxygen atoms in total. The first-order valence-corrected chi connectivity index (χ1v) is 6.87. The van der Waals surface area contributed by atoms with Crippen LogP contribution in [0.25, 0.3) is 0 Å². The van der Waals surface area contributed by atoms with Crippen LogP contribution in [0, 0.1) is 5.82 Å². The zero-order valence-corrected chi connectivity index (χ0v) is 11.9. The summed E-state index contributed by atoms with van der Waals surface area (Å²) in [6.45, 7) is 4.71. The van der Waals surface area contributed by atoms with E-state index in [0.29, 0.717) is 12.1 Å². The monoisotopic (exact) mass is 266 g/mol. The number of hydrogen-bond acceptors (Lipinski definition) is 3.